The van der Waals surface area contributed by atoms with Crippen LogP contribution in [0, 0.1) is 5.41 Å². The first-order valence-corrected chi connectivity index (χ1v) is 8.45. The SMILES string of the molecule is N=C(c1ccccc1Cl)c1ncc(N2CCC(O)(CN)CC2)nc1N. The van der Waals surface area contributed by atoms with Gasteiger partial charge in [0.1, 0.15) is 11.5 Å². The average Bonchev–Trinajstić information content (AvgIpc) is 2.62. The molecule has 0 bridgehead atoms. The standard InChI is InChI=1S/C17H21ClN6O/c18-12-4-2-1-3-11(12)14(20)15-16(21)23-13(9-22-15)24-7-5-17(25,10-19)6-8-24/h1-4,9,20,25H,5-8,10,19H2,(H2,21,23). The molecule has 1 aromatic heterocycles. The van der Waals surface area contributed by atoms with Crippen LogP contribution in [-0.4, -0.2) is 46.0 Å². The summed E-state index contributed by atoms with van der Waals surface area (Å²) in [6.45, 7) is 1.51. The van der Waals surface area contributed by atoms with E-state index in [1.807, 2.05) is 4.90 Å². The Morgan fingerprint density at radius 3 is 2.60 bits per heavy atom. The third kappa shape index (κ3) is 3.58. The van der Waals surface area contributed by atoms with Gasteiger partial charge >= 0.3 is 0 Å². The lowest BCUT2D eigenvalue weighted by atomic mass is 9.92. The van der Waals surface area contributed by atoms with Crippen molar-refractivity contribution in [2.45, 2.75) is 18.4 Å². The van der Waals surface area contributed by atoms with Gasteiger partial charge in [-0.05, 0) is 18.9 Å². The quantitative estimate of drug-likeness (QED) is 0.611. The largest absolute Gasteiger partial charge is 0.388 e. The minimum absolute atomic E-state index is 0.137. The zero-order valence-corrected chi connectivity index (χ0v) is 14.5. The van der Waals surface area contributed by atoms with Gasteiger partial charge in [-0.25, -0.2) is 9.97 Å². The first-order chi connectivity index (χ1) is 11.9. The fourth-order valence-electron chi connectivity index (χ4n) is 2.89. The number of nitrogens with zero attached hydrogens (tertiary/aromatic N) is 3. The molecule has 25 heavy (non-hydrogen) atoms. The monoisotopic (exact) mass is 360 g/mol. The molecule has 0 aliphatic carbocycles. The number of hydrogen-bond donors (Lipinski definition) is 4. The van der Waals surface area contributed by atoms with Crippen molar-refractivity contribution in [1.29, 1.82) is 5.41 Å². The molecule has 132 valence electrons. The van der Waals surface area contributed by atoms with Crippen LogP contribution in [0.5, 0.6) is 0 Å². The predicted octanol–water partition coefficient (Wildman–Crippen LogP) is 1.42. The highest BCUT2D eigenvalue weighted by Crippen LogP contribution is 2.26. The Labute approximate surface area is 151 Å². The molecule has 1 saturated heterocycles. The normalized spacial score (nSPS) is 16.7. The van der Waals surface area contributed by atoms with E-state index in [2.05, 4.69) is 9.97 Å². The van der Waals surface area contributed by atoms with Gasteiger partial charge in [0.15, 0.2) is 5.82 Å². The van der Waals surface area contributed by atoms with Gasteiger partial charge < -0.3 is 21.5 Å². The molecule has 0 saturated carbocycles. The molecule has 0 atom stereocenters. The summed E-state index contributed by atoms with van der Waals surface area (Å²) in [5.41, 5.74) is 11.8. The topological polar surface area (TPSA) is 125 Å². The van der Waals surface area contributed by atoms with Crippen molar-refractivity contribution in [3.05, 3.63) is 46.7 Å². The number of aromatic nitrogens is 2. The molecular weight excluding hydrogens is 340 g/mol. The molecule has 0 amide bonds. The first kappa shape index (κ1) is 17.6. The highest BCUT2D eigenvalue weighted by Gasteiger charge is 2.31. The van der Waals surface area contributed by atoms with Crippen molar-refractivity contribution in [1.82, 2.24) is 9.97 Å². The number of rotatable bonds is 4. The molecule has 1 aromatic carbocycles. The van der Waals surface area contributed by atoms with Crippen molar-refractivity contribution in [2.24, 2.45) is 5.73 Å². The molecule has 1 aliphatic heterocycles. The summed E-state index contributed by atoms with van der Waals surface area (Å²) in [7, 11) is 0. The molecule has 8 heteroatoms. The maximum absolute atomic E-state index is 10.2. The second-order valence-electron chi connectivity index (χ2n) is 6.23. The van der Waals surface area contributed by atoms with Gasteiger partial charge in [0.25, 0.3) is 0 Å². The second kappa shape index (κ2) is 6.95. The lowest BCUT2D eigenvalue weighted by Gasteiger charge is -2.37. The Kier molecular flexibility index (Phi) is 4.89. The summed E-state index contributed by atoms with van der Waals surface area (Å²) in [6.07, 6.45) is 2.74. The fraction of sp³-hybridized carbons (Fsp3) is 0.353. The minimum atomic E-state index is -0.804. The van der Waals surface area contributed by atoms with Crippen LogP contribution in [-0.2, 0) is 0 Å². The lowest BCUT2D eigenvalue weighted by molar-refractivity contribution is 0.0249. The number of nitrogen functional groups attached to an aromatic ring is 1. The number of anilines is 2. The molecule has 1 fully saturated rings. The molecular formula is C17H21ClN6O. The van der Waals surface area contributed by atoms with Crippen LogP contribution in [0.3, 0.4) is 0 Å². The number of aliphatic hydroxyl groups is 1. The van der Waals surface area contributed by atoms with E-state index in [9.17, 15) is 5.11 Å². The van der Waals surface area contributed by atoms with Crippen molar-refractivity contribution in [3.63, 3.8) is 0 Å². The molecule has 6 N–H and O–H groups in total. The Bertz CT molecular complexity index is 788. The number of nitrogens with two attached hydrogens (primary N) is 2. The number of hydrogen-bond acceptors (Lipinski definition) is 7. The summed E-state index contributed by atoms with van der Waals surface area (Å²) in [4.78, 5) is 10.7. The van der Waals surface area contributed by atoms with Crippen LogP contribution < -0.4 is 16.4 Å². The van der Waals surface area contributed by atoms with Gasteiger partial charge in [0, 0.05) is 25.2 Å². The Morgan fingerprint density at radius 2 is 2.00 bits per heavy atom. The van der Waals surface area contributed by atoms with Crippen LogP contribution >= 0.6 is 11.6 Å². The molecule has 3 rings (SSSR count). The molecule has 2 aromatic rings. The highest BCUT2D eigenvalue weighted by atomic mass is 35.5. The summed E-state index contributed by atoms with van der Waals surface area (Å²) >= 11 is 6.14. The van der Waals surface area contributed by atoms with Gasteiger partial charge in [0.05, 0.1) is 22.5 Å². The van der Waals surface area contributed by atoms with Gasteiger partial charge in [-0.2, -0.15) is 0 Å². The van der Waals surface area contributed by atoms with Gasteiger partial charge in [0.2, 0.25) is 0 Å². The Balaban J connectivity index is 1.80. The first-order valence-electron chi connectivity index (χ1n) is 8.07. The Hall–Kier alpha value is -2.22. The van der Waals surface area contributed by atoms with Crippen LogP contribution in [0.4, 0.5) is 11.6 Å². The zero-order chi connectivity index (χ0) is 18.0. The zero-order valence-electron chi connectivity index (χ0n) is 13.7. The van der Waals surface area contributed by atoms with E-state index in [1.165, 1.54) is 0 Å². The fourth-order valence-corrected chi connectivity index (χ4v) is 3.12. The van der Waals surface area contributed by atoms with Gasteiger partial charge in [-0.1, -0.05) is 29.8 Å². The number of benzene rings is 1. The van der Waals surface area contributed by atoms with Crippen LogP contribution in [0.1, 0.15) is 24.1 Å². The average molecular weight is 361 g/mol. The number of nitrogens with one attached hydrogen (secondary N) is 1. The van der Waals surface area contributed by atoms with Crippen molar-refractivity contribution in [3.8, 4) is 0 Å². The van der Waals surface area contributed by atoms with Gasteiger partial charge in [-0.3, -0.25) is 5.41 Å². The van der Waals surface area contributed by atoms with E-state index >= 15 is 0 Å². The maximum atomic E-state index is 10.2. The maximum Gasteiger partial charge on any atom is 0.154 e. The third-order valence-electron chi connectivity index (χ3n) is 4.56. The molecule has 2 heterocycles. The van der Waals surface area contributed by atoms with Crippen molar-refractivity contribution < 1.29 is 5.11 Å². The third-order valence-corrected chi connectivity index (χ3v) is 4.89. The van der Waals surface area contributed by atoms with Crippen molar-refractivity contribution >= 4 is 28.9 Å². The van der Waals surface area contributed by atoms with E-state index in [0.717, 1.165) is 0 Å². The summed E-state index contributed by atoms with van der Waals surface area (Å²) in [6, 6.07) is 7.07. The van der Waals surface area contributed by atoms with E-state index < -0.39 is 5.60 Å². The Morgan fingerprint density at radius 1 is 1.32 bits per heavy atom. The highest BCUT2D eigenvalue weighted by molar-refractivity contribution is 6.35. The lowest BCUT2D eigenvalue weighted by Crippen LogP contribution is -2.49. The van der Waals surface area contributed by atoms with Crippen molar-refractivity contribution in [2.75, 3.05) is 30.3 Å². The minimum Gasteiger partial charge on any atom is -0.388 e. The molecule has 1 aliphatic rings. The second-order valence-corrected chi connectivity index (χ2v) is 6.64. The molecule has 7 nitrogen and oxygen atoms in total. The summed E-state index contributed by atoms with van der Waals surface area (Å²) in [5, 5.41) is 19.0. The van der Waals surface area contributed by atoms with E-state index in [-0.39, 0.29) is 18.1 Å². The van der Waals surface area contributed by atoms with E-state index in [4.69, 9.17) is 28.5 Å². The van der Waals surface area contributed by atoms with Crippen LogP contribution in [0.2, 0.25) is 5.02 Å². The number of piperidine rings is 1. The van der Waals surface area contributed by atoms with Crippen LogP contribution in [0.25, 0.3) is 0 Å². The smallest absolute Gasteiger partial charge is 0.154 e. The number of halogens is 1. The summed E-state index contributed by atoms with van der Waals surface area (Å²) < 4.78 is 0. The predicted molar refractivity (Wildman–Crippen MR) is 99.3 cm³/mol. The van der Waals surface area contributed by atoms with E-state index in [1.54, 1.807) is 30.5 Å². The van der Waals surface area contributed by atoms with Crippen LogP contribution in [0.15, 0.2) is 30.5 Å². The van der Waals surface area contributed by atoms with E-state index in [0.29, 0.717) is 48.0 Å². The van der Waals surface area contributed by atoms with Gasteiger partial charge in [-0.15, -0.1) is 0 Å². The summed E-state index contributed by atoms with van der Waals surface area (Å²) in [5.74, 6) is 0.814. The molecule has 0 radical (unpaired) electrons. The molecule has 0 unspecified atom stereocenters. The molecule has 0 spiro atoms.